The number of benzene rings is 1. The third-order valence-electron chi connectivity index (χ3n) is 2.93. The van der Waals surface area contributed by atoms with Crippen LogP contribution in [0.25, 0.3) is 0 Å². The van der Waals surface area contributed by atoms with Crippen molar-refractivity contribution in [3.05, 3.63) is 41.1 Å². The second-order valence-corrected chi connectivity index (χ2v) is 5.25. The minimum absolute atomic E-state index is 0.142. The van der Waals surface area contributed by atoms with Crippen molar-refractivity contribution in [3.8, 4) is 0 Å². The number of halogens is 2. The van der Waals surface area contributed by atoms with Gasteiger partial charge in [0.25, 0.3) is 5.79 Å². The van der Waals surface area contributed by atoms with Gasteiger partial charge in [0.1, 0.15) is 17.3 Å². The maximum atomic E-state index is 13.8. The molecule has 1 aromatic rings. The van der Waals surface area contributed by atoms with Gasteiger partial charge in [-0.15, -0.1) is 0 Å². The molecule has 0 amide bonds. The average molecular weight is 325 g/mol. The van der Waals surface area contributed by atoms with Crippen LogP contribution in [0, 0.1) is 11.6 Å². The number of nitrogens with one attached hydrogen (secondary N) is 1. The molecule has 0 aromatic heterocycles. The number of carbonyl (C=O) groups is 3. The molecule has 1 aliphatic rings. The Balaban J connectivity index is 2.28. The van der Waals surface area contributed by atoms with Crippen LogP contribution in [0.4, 0.5) is 14.5 Å². The van der Waals surface area contributed by atoms with Gasteiger partial charge in [0, 0.05) is 25.6 Å². The molecule has 0 aliphatic carbocycles. The Bertz CT molecular complexity index is 694. The number of Topliss-reactive ketones (excluding diaryl/α,β-unsaturated/α-hetero) is 1. The van der Waals surface area contributed by atoms with Crippen LogP contribution in [0.1, 0.15) is 31.1 Å². The maximum Gasteiger partial charge on any atom is 0.350 e. The summed E-state index contributed by atoms with van der Waals surface area (Å²) in [7, 11) is 0. The number of hydrogen-bond acceptors (Lipinski definition) is 6. The third-order valence-corrected chi connectivity index (χ3v) is 2.93. The van der Waals surface area contributed by atoms with E-state index in [1.165, 1.54) is 20.8 Å². The van der Waals surface area contributed by atoms with Crippen LogP contribution in [0.15, 0.2) is 23.9 Å². The zero-order chi connectivity index (χ0) is 17.4. The summed E-state index contributed by atoms with van der Waals surface area (Å²) in [4.78, 5) is 34.5. The molecule has 1 saturated heterocycles. The zero-order valence-corrected chi connectivity index (χ0v) is 12.5. The lowest BCUT2D eigenvalue weighted by molar-refractivity contribution is -0.222. The minimum atomic E-state index is -1.41. The van der Waals surface area contributed by atoms with Gasteiger partial charge in [0.05, 0.1) is 0 Å². The monoisotopic (exact) mass is 325 g/mol. The SMILES string of the molecule is CC(=O)c1cc(F)c(NC=C2C(=O)OC(C)(C)OC2=O)c(F)c1. The third kappa shape index (κ3) is 3.53. The lowest BCUT2D eigenvalue weighted by Crippen LogP contribution is -2.42. The first-order valence-electron chi connectivity index (χ1n) is 6.54. The van der Waals surface area contributed by atoms with Gasteiger partial charge in [-0.2, -0.15) is 0 Å². The zero-order valence-electron chi connectivity index (χ0n) is 12.5. The van der Waals surface area contributed by atoms with E-state index in [1.54, 1.807) is 0 Å². The first-order valence-corrected chi connectivity index (χ1v) is 6.54. The molecule has 8 heteroatoms. The number of ether oxygens (including phenoxy) is 2. The predicted molar refractivity (Wildman–Crippen MR) is 74.3 cm³/mol. The van der Waals surface area contributed by atoms with Gasteiger partial charge in [-0.05, 0) is 19.1 Å². The molecule has 6 nitrogen and oxygen atoms in total. The van der Waals surface area contributed by atoms with Gasteiger partial charge in [-0.1, -0.05) is 0 Å². The van der Waals surface area contributed by atoms with Crippen molar-refractivity contribution in [2.75, 3.05) is 5.32 Å². The molecule has 1 aliphatic heterocycles. The number of anilines is 1. The summed E-state index contributed by atoms with van der Waals surface area (Å²) in [6.07, 6.45) is 0.787. The van der Waals surface area contributed by atoms with Crippen molar-refractivity contribution in [2.24, 2.45) is 0 Å². The van der Waals surface area contributed by atoms with Crippen LogP contribution in [0.5, 0.6) is 0 Å². The van der Waals surface area contributed by atoms with Crippen LogP contribution in [0.2, 0.25) is 0 Å². The number of hydrogen-bond donors (Lipinski definition) is 1. The van der Waals surface area contributed by atoms with E-state index in [0.29, 0.717) is 0 Å². The molecule has 0 unspecified atom stereocenters. The van der Waals surface area contributed by atoms with Crippen LogP contribution >= 0.6 is 0 Å². The van der Waals surface area contributed by atoms with E-state index < -0.39 is 46.4 Å². The number of carbonyl (C=O) groups excluding carboxylic acids is 3. The van der Waals surface area contributed by atoms with Crippen molar-refractivity contribution in [2.45, 2.75) is 26.6 Å². The van der Waals surface area contributed by atoms with Gasteiger partial charge in [-0.3, -0.25) is 4.79 Å². The molecule has 0 spiro atoms. The van der Waals surface area contributed by atoms with Gasteiger partial charge in [0.2, 0.25) is 0 Å². The van der Waals surface area contributed by atoms with Gasteiger partial charge >= 0.3 is 11.9 Å². The number of ketones is 1. The fraction of sp³-hybridized carbons (Fsp3) is 0.267. The highest BCUT2D eigenvalue weighted by molar-refractivity contribution is 6.15. The van der Waals surface area contributed by atoms with E-state index in [-0.39, 0.29) is 5.56 Å². The van der Waals surface area contributed by atoms with Crippen molar-refractivity contribution in [1.29, 1.82) is 0 Å². The summed E-state index contributed by atoms with van der Waals surface area (Å²) in [5, 5.41) is 2.18. The fourth-order valence-electron chi connectivity index (χ4n) is 1.84. The Morgan fingerprint density at radius 2 is 1.61 bits per heavy atom. The lowest BCUT2D eigenvalue weighted by atomic mass is 10.1. The molecule has 0 atom stereocenters. The Kier molecular flexibility index (Phi) is 4.18. The van der Waals surface area contributed by atoms with E-state index in [4.69, 9.17) is 9.47 Å². The molecular formula is C15H13F2NO5. The Labute approximate surface area is 130 Å². The number of esters is 2. The first-order chi connectivity index (χ1) is 10.6. The molecule has 122 valence electrons. The van der Waals surface area contributed by atoms with Crippen molar-refractivity contribution in [1.82, 2.24) is 0 Å². The molecule has 0 radical (unpaired) electrons. The van der Waals surface area contributed by atoms with E-state index in [9.17, 15) is 23.2 Å². The standard InChI is InChI=1S/C15H13F2NO5/c1-7(19)8-4-10(16)12(11(17)5-8)18-6-9-13(20)22-15(2,3)23-14(9)21/h4-6,18H,1-3H3. The average Bonchev–Trinajstić information content (AvgIpc) is 2.38. The van der Waals surface area contributed by atoms with E-state index in [1.807, 2.05) is 0 Å². The molecule has 1 heterocycles. The Hall–Kier alpha value is -2.77. The number of cyclic esters (lactones) is 2. The quantitative estimate of drug-likeness (QED) is 0.397. The lowest BCUT2D eigenvalue weighted by Gasteiger charge is -2.29. The molecule has 1 aromatic carbocycles. The molecule has 1 N–H and O–H groups in total. The highest BCUT2D eigenvalue weighted by Gasteiger charge is 2.39. The van der Waals surface area contributed by atoms with Crippen LogP contribution < -0.4 is 5.32 Å². The largest absolute Gasteiger partial charge is 0.419 e. The summed E-state index contributed by atoms with van der Waals surface area (Å²) >= 11 is 0. The number of rotatable bonds is 3. The predicted octanol–water partition coefficient (Wildman–Crippen LogP) is 2.30. The summed E-state index contributed by atoms with van der Waals surface area (Å²) in [5.41, 5.74) is -1.30. The molecule has 0 bridgehead atoms. The van der Waals surface area contributed by atoms with Crippen molar-refractivity contribution < 1.29 is 32.6 Å². The van der Waals surface area contributed by atoms with Crippen LogP contribution in [0.3, 0.4) is 0 Å². The van der Waals surface area contributed by atoms with Crippen LogP contribution in [-0.4, -0.2) is 23.5 Å². The van der Waals surface area contributed by atoms with E-state index in [2.05, 4.69) is 5.32 Å². The summed E-state index contributed by atoms with van der Waals surface area (Å²) in [6, 6.07) is 1.68. The Morgan fingerprint density at radius 1 is 1.13 bits per heavy atom. The minimum Gasteiger partial charge on any atom is -0.419 e. The highest BCUT2D eigenvalue weighted by Crippen LogP contribution is 2.25. The van der Waals surface area contributed by atoms with Gasteiger partial charge < -0.3 is 14.8 Å². The molecular weight excluding hydrogens is 312 g/mol. The van der Waals surface area contributed by atoms with Gasteiger partial charge in [0.15, 0.2) is 11.4 Å². The highest BCUT2D eigenvalue weighted by atomic mass is 19.1. The van der Waals surface area contributed by atoms with Crippen LogP contribution in [-0.2, 0) is 19.1 Å². The first kappa shape index (κ1) is 16.6. The smallest absolute Gasteiger partial charge is 0.350 e. The maximum absolute atomic E-state index is 13.8. The summed E-state index contributed by atoms with van der Waals surface area (Å²) in [6.45, 7) is 3.90. The summed E-state index contributed by atoms with van der Waals surface area (Å²) in [5.74, 6) is -5.99. The van der Waals surface area contributed by atoms with E-state index >= 15 is 0 Å². The normalized spacial score (nSPS) is 16.5. The molecule has 0 saturated carbocycles. The fourth-order valence-corrected chi connectivity index (χ4v) is 1.84. The Morgan fingerprint density at radius 3 is 2.04 bits per heavy atom. The second-order valence-electron chi connectivity index (χ2n) is 5.25. The topological polar surface area (TPSA) is 81.7 Å². The second kappa shape index (κ2) is 5.79. The van der Waals surface area contributed by atoms with E-state index in [0.717, 1.165) is 18.3 Å². The van der Waals surface area contributed by atoms with Crippen molar-refractivity contribution in [3.63, 3.8) is 0 Å². The van der Waals surface area contributed by atoms with Gasteiger partial charge in [-0.25, -0.2) is 18.4 Å². The molecule has 23 heavy (non-hydrogen) atoms. The van der Waals surface area contributed by atoms with Crippen molar-refractivity contribution >= 4 is 23.4 Å². The molecule has 1 fully saturated rings. The molecule has 2 rings (SSSR count). The summed E-state index contributed by atoms with van der Waals surface area (Å²) < 4.78 is 37.3.